The maximum atomic E-state index is 9.42. The Labute approximate surface area is 92.8 Å². The number of hydrogen-bond acceptors (Lipinski definition) is 2. The molecular formula is C13H10OS. The van der Waals surface area contributed by atoms with Crippen molar-refractivity contribution in [3.05, 3.63) is 53.6 Å². The Kier molecular flexibility index (Phi) is 1.96. The summed E-state index contributed by atoms with van der Waals surface area (Å²) in [6, 6.07) is 14.0. The van der Waals surface area contributed by atoms with Crippen molar-refractivity contribution in [2.75, 3.05) is 0 Å². The first-order valence-corrected chi connectivity index (χ1v) is 5.72. The molecule has 0 saturated carbocycles. The van der Waals surface area contributed by atoms with Crippen LogP contribution in [0.2, 0.25) is 0 Å². The Bertz CT molecular complexity index is 520. The van der Waals surface area contributed by atoms with Gasteiger partial charge in [-0.1, -0.05) is 36.0 Å². The van der Waals surface area contributed by atoms with Gasteiger partial charge in [-0.3, -0.25) is 0 Å². The molecule has 0 unspecified atom stereocenters. The van der Waals surface area contributed by atoms with Crippen molar-refractivity contribution >= 4 is 11.8 Å². The summed E-state index contributed by atoms with van der Waals surface area (Å²) in [5, 5.41) is 9.42. The van der Waals surface area contributed by atoms with E-state index < -0.39 is 0 Å². The first-order chi connectivity index (χ1) is 7.33. The smallest absolute Gasteiger partial charge is 0.116 e. The van der Waals surface area contributed by atoms with Gasteiger partial charge in [-0.25, -0.2) is 0 Å². The average Bonchev–Trinajstić information content (AvgIpc) is 2.26. The number of phenols is 1. The third-order valence-electron chi connectivity index (χ3n) is 2.62. The lowest BCUT2D eigenvalue weighted by Crippen LogP contribution is -1.98. The molecule has 0 saturated heterocycles. The summed E-state index contributed by atoms with van der Waals surface area (Å²) < 4.78 is 0. The van der Waals surface area contributed by atoms with Crippen molar-refractivity contribution in [1.29, 1.82) is 0 Å². The van der Waals surface area contributed by atoms with Crippen LogP contribution in [0.4, 0.5) is 0 Å². The van der Waals surface area contributed by atoms with E-state index in [0.29, 0.717) is 5.75 Å². The Morgan fingerprint density at radius 1 is 0.933 bits per heavy atom. The molecule has 0 fully saturated rings. The molecule has 1 nitrogen and oxygen atoms in total. The minimum atomic E-state index is 0.348. The van der Waals surface area contributed by atoms with Crippen LogP contribution in [-0.4, -0.2) is 5.11 Å². The summed E-state index contributed by atoms with van der Waals surface area (Å²) in [5.74, 6) is 0.348. The molecule has 74 valence electrons. The second-order valence-electron chi connectivity index (χ2n) is 3.68. The Hall–Kier alpha value is -1.41. The van der Waals surface area contributed by atoms with Crippen LogP contribution in [0.3, 0.4) is 0 Å². The fraction of sp³-hybridized carbons (Fsp3) is 0.0769. The minimum Gasteiger partial charge on any atom is -0.508 e. The third kappa shape index (κ3) is 1.51. The predicted octanol–water partition coefficient (Wildman–Crippen LogP) is 3.45. The summed E-state index contributed by atoms with van der Waals surface area (Å²) in [6.45, 7) is 0. The molecule has 2 aromatic rings. The summed E-state index contributed by atoms with van der Waals surface area (Å²) in [5.41, 5.74) is 2.68. The molecule has 0 bridgehead atoms. The Balaban J connectivity index is 2.11. The van der Waals surface area contributed by atoms with Gasteiger partial charge in [0.2, 0.25) is 0 Å². The van der Waals surface area contributed by atoms with Crippen LogP contribution in [0, 0.1) is 0 Å². The van der Waals surface area contributed by atoms with Crippen LogP contribution < -0.4 is 0 Å². The van der Waals surface area contributed by atoms with Crippen molar-refractivity contribution < 1.29 is 5.11 Å². The highest BCUT2D eigenvalue weighted by atomic mass is 32.2. The van der Waals surface area contributed by atoms with Gasteiger partial charge in [0, 0.05) is 9.79 Å². The highest BCUT2D eigenvalue weighted by molar-refractivity contribution is 7.99. The summed E-state index contributed by atoms with van der Waals surface area (Å²) in [4.78, 5) is 2.48. The van der Waals surface area contributed by atoms with E-state index in [1.807, 2.05) is 12.1 Å². The quantitative estimate of drug-likeness (QED) is 0.618. The van der Waals surface area contributed by atoms with Crippen molar-refractivity contribution in [2.24, 2.45) is 0 Å². The maximum absolute atomic E-state index is 9.42. The van der Waals surface area contributed by atoms with Crippen LogP contribution in [0.5, 0.6) is 5.75 Å². The fourth-order valence-corrected chi connectivity index (χ4v) is 2.96. The molecule has 1 N–H and O–H groups in total. The fourth-order valence-electron chi connectivity index (χ4n) is 1.86. The molecule has 2 aromatic carbocycles. The van der Waals surface area contributed by atoms with Gasteiger partial charge in [0.1, 0.15) is 5.75 Å². The molecule has 15 heavy (non-hydrogen) atoms. The largest absolute Gasteiger partial charge is 0.508 e. The van der Waals surface area contributed by atoms with Crippen LogP contribution >= 0.6 is 11.8 Å². The Morgan fingerprint density at radius 2 is 1.73 bits per heavy atom. The van der Waals surface area contributed by atoms with Gasteiger partial charge in [-0.05, 0) is 35.7 Å². The molecule has 0 radical (unpaired) electrons. The molecule has 0 aliphatic carbocycles. The lowest BCUT2D eigenvalue weighted by atomic mass is 10.0. The van der Waals surface area contributed by atoms with Gasteiger partial charge in [0.15, 0.2) is 0 Å². The average molecular weight is 214 g/mol. The molecular weight excluding hydrogens is 204 g/mol. The molecule has 0 atom stereocenters. The number of benzene rings is 2. The van der Waals surface area contributed by atoms with Crippen LogP contribution in [0.25, 0.3) is 0 Å². The number of rotatable bonds is 0. The molecule has 1 aliphatic rings. The molecule has 0 aromatic heterocycles. The SMILES string of the molecule is Oc1ccc2c(c1)Sc1ccccc1C2. The zero-order valence-corrected chi connectivity index (χ0v) is 8.92. The van der Waals surface area contributed by atoms with E-state index in [-0.39, 0.29) is 0 Å². The molecule has 1 aliphatic heterocycles. The standard InChI is InChI=1S/C13H10OS/c14-11-6-5-10-7-9-3-1-2-4-12(9)15-13(10)8-11/h1-6,8,14H,7H2. The predicted molar refractivity (Wildman–Crippen MR) is 61.5 cm³/mol. The highest BCUT2D eigenvalue weighted by Gasteiger charge is 2.15. The highest BCUT2D eigenvalue weighted by Crippen LogP contribution is 2.40. The van der Waals surface area contributed by atoms with Crippen LogP contribution in [0.15, 0.2) is 52.3 Å². The monoisotopic (exact) mass is 214 g/mol. The molecule has 0 amide bonds. The second kappa shape index (κ2) is 3.31. The number of hydrogen-bond donors (Lipinski definition) is 1. The number of fused-ring (bicyclic) bond motifs is 2. The summed E-state index contributed by atoms with van der Waals surface area (Å²) >= 11 is 1.74. The maximum Gasteiger partial charge on any atom is 0.116 e. The lowest BCUT2D eigenvalue weighted by Gasteiger charge is -2.18. The van der Waals surface area contributed by atoms with E-state index >= 15 is 0 Å². The van der Waals surface area contributed by atoms with E-state index in [4.69, 9.17) is 0 Å². The Morgan fingerprint density at radius 3 is 2.67 bits per heavy atom. The molecule has 0 spiro atoms. The van der Waals surface area contributed by atoms with Gasteiger partial charge in [0.25, 0.3) is 0 Å². The molecule has 1 heterocycles. The van der Waals surface area contributed by atoms with E-state index in [9.17, 15) is 5.11 Å². The molecule has 2 heteroatoms. The zero-order valence-electron chi connectivity index (χ0n) is 8.10. The number of phenolic OH excluding ortho intramolecular Hbond substituents is 1. The van der Waals surface area contributed by atoms with E-state index in [1.54, 1.807) is 17.8 Å². The normalized spacial score (nSPS) is 13.1. The first kappa shape index (κ1) is 8.86. The van der Waals surface area contributed by atoms with E-state index in [0.717, 1.165) is 6.42 Å². The van der Waals surface area contributed by atoms with Gasteiger partial charge in [-0.15, -0.1) is 0 Å². The topological polar surface area (TPSA) is 20.2 Å². The second-order valence-corrected chi connectivity index (χ2v) is 4.76. The van der Waals surface area contributed by atoms with Gasteiger partial charge >= 0.3 is 0 Å². The van der Waals surface area contributed by atoms with Gasteiger partial charge < -0.3 is 5.11 Å². The van der Waals surface area contributed by atoms with Crippen molar-refractivity contribution in [3.63, 3.8) is 0 Å². The minimum absolute atomic E-state index is 0.348. The third-order valence-corrected chi connectivity index (χ3v) is 3.84. The molecule has 3 rings (SSSR count). The summed E-state index contributed by atoms with van der Waals surface area (Å²) in [7, 11) is 0. The summed E-state index contributed by atoms with van der Waals surface area (Å²) in [6.07, 6.45) is 0.971. The first-order valence-electron chi connectivity index (χ1n) is 4.90. The van der Waals surface area contributed by atoms with Crippen molar-refractivity contribution in [3.8, 4) is 5.75 Å². The van der Waals surface area contributed by atoms with Gasteiger partial charge in [-0.2, -0.15) is 0 Å². The van der Waals surface area contributed by atoms with Crippen molar-refractivity contribution in [2.45, 2.75) is 16.2 Å². The van der Waals surface area contributed by atoms with E-state index in [2.05, 4.69) is 24.3 Å². The van der Waals surface area contributed by atoms with Crippen LogP contribution in [-0.2, 0) is 6.42 Å². The number of aromatic hydroxyl groups is 1. The lowest BCUT2D eigenvalue weighted by molar-refractivity contribution is 0.473. The zero-order chi connectivity index (χ0) is 10.3. The van der Waals surface area contributed by atoms with E-state index in [1.165, 1.54) is 20.9 Å². The van der Waals surface area contributed by atoms with Gasteiger partial charge in [0.05, 0.1) is 0 Å². The van der Waals surface area contributed by atoms with Crippen LogP contribution in [0.1, 0.15) is 11.1 Å². The van der Waals surface area contributed by atoms with Crippen molar-refractivity contribution in [1.82, 2.24) is 0 Å².